The molecule has 0 saturated carbocycles. The Morgan fingerprint density at radius 3 is 2.88 bits per heavy atom. The minimum Gasteiger partial charge on any atom is -0.496 e. The average Bonchev–Trinajstić information content (AvgIpc) is 3.57. The lowest BCUT2D eigenvalue weighted by Crippen LogP contribution is -2.02. The first-order valence-corrected chi connectivity index (χ1v) is 11.7. The highest BCUT2D eigenvalue weighted by atomic mass is 32.1. The fourth-order valence-electron chi connectivity index (χ4n) is 3.77. The SMILES string of the molecule is COc1ccccc1C=CCNc1cccc(-c2ccnc3c(C(=O)c4cccs4)cnn23)c1. The van der Waals surface area contributed by atoms with Gasteiger partial charge in [0.2, 0.25) is 5.78 Å². The highest BCUT2D eigenvalue weighted by Gasteiger charge is 2.18. The Morgan fingerprint density at radius 1 is 1.12 bits per heavy atom. The molecule has 0 saturated heterocycles. The number of carbonyl (C=O) groups is 1. The van der Waals surface area contributed by atoms with Crippen LogP contribution in [0.5, 0.6) is 5.75 Å². The van der Waals surface area contributed by atoms with E-state index in [4.69, 9.17) is 4.74 Å². The maximum Gasteiger partial charge on any atom is 0.208 e. The number of rotatable bonds is 8. The molecular formula is C27H22N4O2S. The maximum absolute atomic E-state index is 12.9. The van der Waals surface area contributed by atoms with Crippen molar-refractivity contribution < 1.29 is 9.53 Å². The molecule has 5 rings (SSSR count). The van der Waals surface area contributed by atoms with E-state index in [-0.39, 0.29) is 5.78 Å². The van der Waals surface area contributed by atoms with Crippen molar-refractivity contribution in [2.24, 2.45) is 0 Å². The van der Waals surface area contributed by atoms with Crippen LogP contribution < -0.4 is 10.1 Å². The van der Waals surface area contributed by atoms with E-state index in [1.807, 2.05) is 72.1 Å². The van der Waals surface area contributed by atoms with Crippen LogP contribution in [0.1, 0.15) is 20.8 Å². The van der Waals surface area contributed by atoms with Crippen LogP contribution in [-0.2, 0) is 0 Å². The van der Waals surface area contributed by atoms with Crippen LogP contribution in [0, 0.1) is 0 Å². The summed E-state index contributed by atoms with van der Waals surface area (Å²) >= 11 is 1.42. The summed E-state index contributed by atoms with van der Waals surface area (Å²) in [4.78, 5) is 18.0. The molecular weight excluding hydrogens is 444 g/mol. The number of methoxy groups -OCH3 is 1. The lowest BCUT2D eigenvalue weighted by molar-refractivity contribution is 0.104. The molecule has 0 radical (unpaired) electrons. The lowest BCUT2D eigenvalue weighted by Gasteiger charge is -2.09. The van der Waals surface area contributed by atoms with E-state index in [0.717, 1.165) is 28.3 Å². The van der Waals surface area contributed by atoms with Gasteiger partial charge in [-0.3, -0.25) is 4.79 Å². The molecule has 0 aliphatic rings. The second kappa shape index (κ2) is 9.72. The Hall–Kier alpha value is -4.23. The summed E-state index contributed by atoms with van der Waals surface area (Å²) in [6, 6.07) is 21.6. The van der Waals surface area contributed by atoms with Gasteiger partial charge in [0.05, 0.1) is 29.4 Å². The molecule has 0 fully saturated rings. The first kappa shape index (κ1) is 21.6. The molecule has 7 heteroatoms. The van der Waals surface area contributed by atoms with E-state index in [1.54, 1.807) is 24.0 Å². The number of nitrogens with one attached hydrogen (secondary N) is 1. The van der Waals surface area contributed by atoms with E-state index in [9.17, 15) is 4.79 Å². The van der Waals surface area contributed by atoms with Gasteiger partial charge in [-0.1, -0.05) is 48.6 Å². The molecule has 0 unspecified atom stereocenters. The summed E-state index contributed by atoms with van der Waals surface area (Å²) in [6.45, 7) is 0.661. The van der Waals surface area contributed by atoms with Crippen molar-refractivity contribution in [3.05, 3.63) is 107 Å². The molecule has 0 aliphatic carbocycles. The fourth-order valence-corrected chi connectivity index (χ4v) is 4.44. The Labute approximate surface area is 201 Å². The topological polar surface area (TPSA) is 68.5 Å². The second-order valence-electron chi connectivity index (χ2n) is 7.54. The van der Waals surface area contributed by atoms with Gasteiger partial charge < -0.3 is 10.1 Å². The molecule has 0 spiro atoms. The number of para-hydroxylation sites is 1. The van der Waals surface area contributed by atoms with Gasteiger partial charge in [0.25, 0.3) is 0 Å². The van der Waals surface area contributed by atoms with Crippen LogP contribution in [-0.4, -0.2) is 34.0 Å². The molecule has 5 aromatic rings. The quantitative estimate of drug-likeness (QED) is 0.292. The zero-order valence-corrected chi connectivity index (χ0v) is 19.3. The van der Waals surface area contributed by atoms with Gasteiger partial charge in [-0.05, 0) is 35.7 Å². The summed E-state index contributed by atoms with van der Waals surface area (Å²) in [7, 11) is 1.67. The Bertz CT molecular complexity index is 1470. The monoisotopic (exact) mass is 466 g/mol. The summed E-state index contributed by atoms with van der Waals surface area (Å²) < 4.78 is 7.12. The molecule has 6 nitrogen and oxygen atoms in total. The number of nitrogens with zero attached hydrogens (tertiary/aromatic N) is 3. The average molecular weight is 467 g/mol. The Balaban J connectivity index is 1.36. The summed E-state index contributed by atoms with van der Waals surface area (Å²) in [6.07, 6.45) is 7.41. The number of fused-ring (bicyclic) bond motifs is 1. The zero-order valence-electron chi connectivity index (χ0n) is 18.5. The summed E-state index contributed by atoms with van der Waals surface area (Å²) in [5.74, 6) is 0.783. The molecule has 3 aromatic heterocycles. The third-order valence-corrected chi connectivity index (χ3v) is 6.28. The predicted octanol–water partition coefficient (Wildman–Crippen LogP) is 5.82. The maximum atomic E-state index is 12.9. The van der Waals surface area contributed by atoms with Crippen LogP contribution >= 0.6 is 11.3 Å². The van der Waals surface area contributed by atoms with E-state index in [0.29, 0.717) is 22.6 Å². The molecule has 0 amide bonds. The third-order valence-electron chi connectivity index (χ3n) is 5.41. The Morgan fingerprint density at radius 2 is 2.03 bits per heavy atom. The molecule has 168 valence electrons. The van der Waals surface area contributed by atoms with Crippen molar-refractivity contribution in [3.63, 3.8) is 0 Å². The number of thiophene rings is 1. The number of anilines is 1. The van der Waals surface area contributed by atoms with E-state index >= 15 is 0 Å². The molecule has 1 N–H and O–H groups in total. The van der Waals surface area contributed by atoms with Gasteiger partial charge in [0.1, 0.15) is 5.75 Å². The largest absolute Gasteiger partial charge is 0.496 e. The van der Waals surface area contributed by atoms with Crippen molar-refractivity contribution in [2.75, 3.05) is 19.0 Å². The lowest BCUT2D eigenvalue weighted by atomic mass is 10.1. The molecule has 34 heavy (non-hydrogen) atoms. The number of hydrogen-bond donors (Lipinski definition) is 1. The predicted molar refractivity (Wildman–Crippen MR) is 137 cm³/mol. The number of ether oxygens (including phenoxy) is 1. The third kappa shape index (κ3) is 4.33. The minimum absolute atomic E-state index is 0.0631. The van der Waals surface area contributed by atoms with Crippen LogP contribution in [0.15, 0.2) is 90.6 Å². The number of ketones is 1. The smallest absolute Gasteiger partial charge is 0.208 e. The second-order valence-corrected chi connectivity index (χ2v) is 8.48. The normalized spacial score (nSPS) is 11.2. The molecule has 2 aromatic carbocycles. The highest BCUT2D eigenvalue weighted by molar-refractivity contribution is 7.12. The van der Waals surface area contributed by atoms with Gasteiger partial charge in [-0.15, -0.1) is 11.3 Å². The van der Waals surface area contributed by atoms with Crippen molar-refractivity contribution in [3.8, 4) is 17.0 Å². The number of hydrogen-bond acceptors (Lipinski definition) is 6. The number of aromatic nitrogens is 3. The standard InChI is InChI=1S/C27H22N4O2S/c1-33-24-11-3-2-7-19(24)9-5-14-28-21-10-4-8-20(17-21)23-13-15-29-27-22(18-30-31(23)27)26(32)25-12-6-16-34-25/h2-13,15-18,28H,14H2,1H3. The number of carbonyl (C=O) groups excluding carboxylic acids is 1. The van der Waals surface area contributed by atoms with E-state index < -0.39 is 0 Å². The van der Waals surface area contributed by atoms with E-state index in [2.05, 4.69) is 27.5 Å². The van der Waals surface area contributed by atoms with Crippen molar-refractivity contribution in [1.82, 2.24) is 14.6 Å². The summed E-state index contributed by atoms with van der Waals surface area (Å²) in [5.41, 5.74) is 4.90. The number of benzene rings is 2. The van der Waals surface area contributed by atoms with Crippen LogP contribution in [0.4, 0.5) is 5.69 Å². The Kier molecular flexibility index (Phi) is 6.18. The fraction of sp³-hybridized carbons (Fsp3) is 0.0741. The molecule has 0 bridgehead atoms. The van der Waals surface area contributed by atoms with Gasteiger partial charge >= 0.3 is 0 Å². The van der Waals surface area contributed by atoms with E-state index in [1.165, 1.54) is 11.3 Å². The molecule has 0 aliphatic heterocycles. The van der Waals surface area contributed by atoms with Gasteiger partial charge in [-0.25, -0.2) is 9.50 Å². The van der Waals surface area contributed by atoms with Crippen LogP contribution in [0.25, 0.3) is 23.0 Å². The zero-order chi connectivity index (χ0) is 23.3. The van der Waals surface area contributed by atoms with Crippen molar-refractivity contribution in [2.45, 2.75) is 0 Å². The minimum atomic E-state index is -0.0631. The van der Waals surface area contributed by atoms with Gasteiger partial charge in [0.15, 0.2) is 5.65 Å². The van der Waals surface area contributed by atoms with Crippen LogP contribution in [0.2, 0.25) is 0 Å². The van der Waals surface area contributed by atoms with Crippen LogP contribution in [0.3, 0.4) is 0 Å². The molecule has 3 heterocycles. The molecule has 0 atom stereocenters. The highest BCUT2D eigenvalue weighted by Crippen LogP contribution is 2.25. The van der Waals surface area contributed by atoms with Crippen molar-refractivity contribution >= 4 is 34.5 Å². The van der Waals surface area contributed by atoms with Gasteiger partial charge in [-0.2, -0.15) is 5.10 Å². The van der Waals surface area contributed by atoms with Crippen molar-refractivity contribution in [1.29, 1.82) is 0 Å². The first-order chi connectivity index (χ1) is 16.7. The van der Waals surface area contributed by atoms with Gasteiger partial charge in [0, 0.05) is 29.6 Å². The first-order valence-electron chi connectivity index (χ1n) is 10.8. The summed E-state index contributed by atoms with van der Waals surface area (Å²) in [5, 5.41) is 9.79.